The summed E-state index contributed by atoms with van der Waals surface area (Å²) in [7, 11) is 0. The van der Waals surface area contributed by atoms with E-state index in [0.29, 0.717) is 23.0 Å². The summed E-state index contributed by atoms with van der Waals surface area (Å²) in [5.74, 6) is 0.353. The number of nitrogens with two attached hydrogens (primary N) is 1. The fourth-order valence-corrected chi connectivity index (χ4v) is 1.45. The number of urea groups is 1. The highest BCUT2D eigenvalue weighted by atomic mass is 35.5. The maximum atomic E-state index is 11.5. The minimum Gasteiger partial charge on any atom is -0.387 e. The van der Waals surface area contributed by atoms with Gasteiger partial charge in [0, 0.05) is 17.1 Å². The van der Waals surface area contributed by atoms with E-state index in [1.54, 1.807) is 24.3 Å². The fraction of sp³-hybridized carbons (Fsp3) is 0.333. The average Bonchev–Trinajstić information content (AvgIpc) is 2.26. The maximum Gasteiger partial charge on any atom is 0.347 e. The van der Waals surface area contributed by atoms with Gasteiger partial charge in [0.25, 0.3) is 0 Å². The topological polar surface area (TPSA) is 67.5 Å². The molecule has 0 aliphatic rings. The number of aliphatic imine (C=N–C) groups is 1. The SMILES string of the molecule is CCCCC(N)=NC(=O)Nc1cccc(Cl)c1. The first kappa shape index (κ1) is 13.5. The van der Waals surface area contributed by atoms with Crippen molar-refractivity contribution in [3.63, 3.8) is 0 Å². The van der Waals surface area contributed by atoms with Crippen LogP contribution in [0.1, 0.15) is 26.2 Å². The van der Waals surface area contributed by atoms with Crippen molar-refractivity contribution in [2.75, 3.05) is 5.32 Å². The summed E-state index contributed by atoms with van der Waals surface area (Å²) in [5, 5.41) is 3.16. The Morgan fingerprint density at radius 2 is 2.29 bits per heavy atom. The number of amides is 2. The van der Waals surface area contributed by atoms with Gasteiger partial charge in [-0.05, 0) is 24.6 Å². The smallest absolute Gasteiger partial charge is 0.347 e. The molecule has 2 amide bonds. The van der Waals surface area contributed by atoms with Crippen molar-refractivity contribution in [2.24, 2.45) is 10.7 Å². The molecule has 4 nitrogen and oxygen atoms in total. The molecule has 0 aliphatic carbocycles. The van der Waals surface area contributed by atoms with E-state index in [-0.39, 0.29) is 0 Å². The lowest BCUT2D eigenvalue weighted by atomic mass is 10.2. The largest absolute Gasteiger partial charge is 0.387 e. The average molecular weight is 254 g/mol. The summed E-state index contributed by atoms with van der Waals surface area (Å²) in [6.07, 6.45) is 2.59. The number of anilines is 1. The molecule has 0 aliphatic heterocycles. The van der Waals surface area contributed by atoms with Gasteiger partial charge in [-0.15, -0.1) is 0 Å². The number of amidine groups is 1. The molecule has 1 aromatic rings. The Kier molecular flexibility index (Phi) is 5.49. The Balaban J connectivity index is 2.55. The lowest BCUT2D eigenvalue weighted by Crippen LogP contribution is -2.17. The Bertz CT molecular complexity index is 418. The number of hydrogen-bond acceptors (Lipinski definition) is 1. The number of hydrogen-bond donors (Lipinski definition) is 2. The van der Waals surface area contributed by atoms with Gasteiger partial charge in [-0.2, -0.15) is 4.99 Å². The summed E-state index contributed by atoms with van der Waals surface area (Å²) in [4.78, 5) is 15.2. The number of carbonyl (C=O) groups is 1. The number of nitrogens with one attached hydrogen (secondary N) is 1. The molecular weight excluding hydrogens is 238 g/mol. The van der Waals surface area contributed by atoms with Crippen LogP contribution in [0, 0.1) is 0 Å². The molecule has 17 heavy (non-hydrogen) atoms. The third-order valence-corrected chi connectivity index (χ3v) is 2.34. The molecule has 0 bridgehead atoms. The Hall–Kier alpha value is -1.55. The van der Waals surface area contributed by atoms with Gasteiger partial charge in [-0.3, -0.25) is 0 Å². The molecule has 5 heteroatoms. The first-order valence-electron chi connectivity index (χ1n) is 5.51. The van der Waals surface area contributed by atoms with Crippen LogP contribution >= 0.6 is 11.6 Å². The third-order valence-electron chi connectivity index (χ3n) is 2.11. The molecule has 0 atom stereocenters. The Labute approximate surface area is 106 Å². The van der Waals surface area contributed by atoms with Gasteiger partial charge in [-0.25, -0.2) is 4.79 Å². The van der Waals surface area contributed by atoms with E-state index in [0.717, 1.165) is 12.8 Å². The summed E-state index contributed by atoms with van der Waals surface area (Å²) in [6, 6.07) is 6.40. The predicted octanol–water partition coefficient (Wildman–Crippen LogP) is 3.42. The third kappa shape index (κ3) is 5.36. The Morgan fingerprint density at radius 1 is 1.53 bits per heavy atom. The molecule has 1 rings (SSSR count). The number of rotatable bonds is 4. The molecule has 0 saturated heterocycles. The molecular formula is C12H16ClN3O. The predicted molar refractivity (Wildman–Crippen MR) is 71.6 cm³/mol. The van der Waals surface area contributed by atoms with E-state index in [1.807, 2.05) is 0 Å². The zero-order valence-corrected chi connectivity index (χ0v) is 10.5. The van der Waals surface area contributed by atoms with Crippen LogP contribution in [0.3, 0.4) is 0 Å². The quantitative estimate of drug-likeness (QED) is 0.638. The lowest BCUT2D eigenvalue weighted by molar-refractivity contribution is 0.259. The number of unbranched alkanes of at least 4 members (excludes halogenated alkanes) is 1. The van der Waals surface area contributed by atoms with Crippen molar-refractivity contribution < 1.29 is 4.79 Å². The van der Waals surface area contributed by atoms with Crippen LogP contribution < -0.4 is 11.1 Å². The maximum absolute atomic E-state index is 11.5. The number of carbonyl (C=O) groups excluding carboxylic acids is 1. The van der Waals surface area contributed by atoms with Crippen molar-refractivity contribution in [3.05, 3.63) is 29.3 Å². The van der Waals surface area contributed by atoms with Gasteiger partial charge in [0.15, 0.2) is 0 Å². The van der Waals surface area contributed by atoms with Crippen LogP contribution in [0.15, 0.2) is 29.3 Å². The van der Waals surface area contributed by atoms with Gasteiger partial charge in [0.1, 0.15) is 5.84 Å². The zero-order valence-electron chi connectivity index (χ0n) is 9.74. The van der Waals surface area contributed by atoms with E-state index in [1.165, 1.54) is 0 Å². The molecule has 1 aromatic carbocycles. The molecule has 0 unspecified atom stereocenters. The highest BCUT2D eigenvalue weighted by molar-refractivity contribution is 6.30. The van der Waals surface area contributed by atoms with Crippen LogP contribution in [0.5, 0.6) is 0 Å². The van der Waals surface area contributed by atoms with Gasteiger partial charge < -0.3 is 11.1 Å². The second kappa shape index (κ2) is 6.91. The lowest BCUT2D eigenvalue weighted by Gasteiger charge is -2.03. The van der Waals surface area contributed by atoms with Gasteiger partial charge in [-0.1, -0.05) is 31.0 Å². The zero-order chi connectivity index (χ0) is 12.7. The molecule has 3 N–H and O–H groups in total. The van der Waals surface area contributed by atoms with E-state index >= 15 is 0 Å². The molecule has 92 valence electrons. The minimum atomic E-state index is -0.471. The molecule has 0 spiro atoms. The monoisotopic (exact) mass is 253 g/mol. The molecule has 0 fully saturated rings. The van der Waals surface area contributed by atoms with Crippen LogP contribution in [0.2, 0.25) is 5.02 Å². The van der Waals surface area contributed by atoms with Crippen LogP contribution in [0.4, 0.5) is 10.5 Å². The van der Waals surface area contributed by atoms with Gasteiger partial charge >= 0.3 is 6.03 Å². The molecule has 0 saturated carbocycles. The summed E-state index contributed by atoms with van der Waals surface area (Å²) in [6.45, 7) is 2.05. The van der Waals surface area contributed by atoms with Gasteiger partial charge in [0.2, 0.25) is 0 Å². The minimum absolute atomic E-state index is 0.353. The normalized spacial score (nSPS) is 11.3. The Morgan fingerprint density at radius 3 is 2.94 bits per heavy atom. The molecule has 0 heterocycles. The number of benzene rings is 1. The van der Waals surface area contributed by atoms with Crippen molar-refractivity contribution in [1.29, 1.82) is 0 Å². The molecule has 0 radical (unpaired) electrons. The van der Waals surface area contributed by atoms with Crippen molar-refractivity contribution >= 4 is 29.2 Å². The summed E-state index contributed by atoms with van der Waals surface area (Å²) < 4.78 is 0. The van der Waals surface area contributed by atoms with Crippen LogP contribution in [0.25, 0.3) is 0 Å². The number of halogens is 1. The van der Waals surface area contributed by atoms with Crippen LogP contribution in [-0.4, -0.2) is 11.9 Å². The molecule has 0 aromatic heterocycles. The van der Waals surface area contributed by atoms with Crippen LogP contribution in [-0.2, 0) is 0 Å². The van der Waals surface area contributed by atoms with E-state index in [2.05, 4.69) is 17.2 Å². The standard InChI is InChI=1S/C12H16ClN3O/c1-2-3-7-11(14)16-12(17)15-10-6-4-5-9(13)8-10/h4-6,8H,2-3,7H2,1H3,(H3,14,15,16,17). The first-order chi connectivity index (χ1) is 8.11. The van der Waals surface area contributed by atoms with E-state index in [9.17, 15) is 4.79 Å². The van der Waals surface area contributed by atoms with Crippen molar-refractivity contribution in [3.8, 4) is 0 Å². The van der Waals surface area contributed by atoms with E-state index in [4.69, 9.17) is 17.3 Å². The van der Waals surface area contributed by atoms with Crippen molar-refractivity contribution in [1.82, 2.24) is 0 Å². The summed E-state index contributed by atoms with van der Waals surface area (Å²) in [5.41, 5.74) is 6.21. The highest BCUT2D eigenvalue weighted by Gasteiger charge is 2.01. The first-order valence-corrected chi connectivity index (χ1v) is 5.89. The fourth-order valence-electron chi connectivity index (χ4n) is 1.26. The van der Waals surface area contributed by atoms with Gasteiger partial charge in [0.05, 0.1) is 0 Å². The van der Waals surface area contributed by atoms with Crippen molar-refractivity contribution in [2.45, 2.75) is 26.2 Å². The van der Waals surface area contributed by atoms with E-state index < -0.39 is 6.03 Å². The second-order valence-corrected chi connectivity index (χ2v) is 4.08. The summed E-state index contributed by atoms with van der Waals surface area (Å²) >= 11 is 5.79. The second-order valence-electron chi connectivity index (χ2n) is 3.65. The number of nitrogens with zero attached hydrogens (tertiary/aromatic N) is 1. The highest BCUT2D eigenvalue weighted by Crippen LogP contribution is 2.14.